The number of nitriles is 1. The standard InChI is InChI=1S/C23H19Cl2N3O/c1-15-10-18(16(2)28(15)22-9-8-20(24)12-21(22)25)11-19(13-26)23(29)27-14-17-6-4-3-5-7-17/h3-12H,14H2,1-2H3,(H,27,29)/b19-11-. The average molecular weight is 424 g/mol. The molecule has 1 amide bonds. The van der Waals surface area contributed by atoms with E-state index < -0.39 is 5.91 Å². The Kier molecular flexibility index (Phi) is 6.43. The molecular formula is C23H19Cl2N3O. The molecule has 3 aromatic rings. The lowest BCUT2D eigenvalue weighted by molar-refractivity contribution is -0.117. The van der Waals surface area contributed by atoms with Crippen LogP contribution < -0.4 is 5.32 Å². The van der Waals surface area contributed by atoms with Crippen molar-refractivity contribution in [3.8, 4) is 11.8 Å². The molecule has 29 heavy (non-hydrogen) atoms. The quantitative estimate of drug-likeness (QED) is 0.427. The number of nitrogens with zero attached hydrogens (tertiary/aromatic N) is 2. The van der Waals surface area contributed by atoms with Crippen molar-refractivity contribution in [1.82, 2.24) is 9.88 Å². The van der Waals surface area contributed by atoms with Crippen LogP contribution in [0, 0.1) is 25.2 Å². The average Bonchev–Trinajstić information content (AvgIpc) is 2.98. The Labute approximate surface area is 180 Å². The number of aromatic nitrogens is 1. The number of carbonyl (C=O) groups is 1. The van der Waals surface area contributed by atoms with Crippen LogP contribution in [0.15, 0.2) is 60.2 Å². The van der Waals surface area contributed by atoms with E-state index in [9.17, 15) is 10.1 Å². The molecule has 0 aliphatic carbocycles. The van der Waals surface area contributed by atoms with E-state index in [2.05, 4.69) is 5.32 Å². The van der Waals surface area contributed by atoms with Gasteiger partial charge in [0.1, 0.15) is 11.6 Å². The Morgan fingerprint density at radius 1 is 1.14 bits per heavy atom. The molecule has 0 unspecified atom stereocenters. The van der Waals surface area contributed by atoms with Crippen LogP contribution in [-0.4, -0.2) is 10.5 Å². The van der Waals surface area contributed by atoms with Crippen LogP contribution in [0.25, 0.3) is 11.8 Å². The first-order valence-electron chi connectivity index (χ1n) is 8.99. The van der Waals surface area contributed by atoms with Gasteiger partial charge in [0.25, 0.3) is 5.91 Å². The second-order valence-electron chi connectivity index (χ2n) is 6.60. The van der Waals surface area contributed by atoms with Gasteiger partial charge in [-0.25, -0.2) is 0 Å². The third-order valence-electron chi connectivity index (χ3n) is 4.58. The highest BCUT2D eigenvalue weighted by Gasteiger charge is 2.15. The highest BCUT2D eigenvalue weighted by atomic mass is 35.5. The van der Waals surface area contributed by atoms with Crippen LogP contribution in [0.5, 0.6) is 0 Å². The molecule has 0 aliphatic rings. The first-order chi connectivity index (χ1) is 13.9. The van der Waals surface area contributed by atoms with Crippen molar-refractivity contribution in [2.75, 3.05) is 0 Å². The summed E-state index contributed by atoms with van der Waals surface area (Å²) in [4.78, 5) is 12.5. The molecule has 0 saturated heterocycles. The number of hydrogen-bond donors (Lipinski definition) is 1. The molecule has 0 aliphatic heterocycles. The fraction of sp³-hybridized carbons (Fsp3) is 0.130. The summed E-state index contributed by atoms with van der Waals surface area (Å²) in [6.07, 6.45) is 1.60. The van der Waals surface area contributed by atoms with Gasteiger partial charge in [0.15, 0.2) is 0 Å². The van der Waals surface area contributed by atoms with Crippen LogP contribution >= 0.6 is 23.2 Å². The van der Waals surface area contributed by atoms with Gasteiger partial charge in [-0.1, -0.05) is 53.5 Å². The van der Waals surface area contributed by atoms with Gasteiger partial charge in [0.2, 0.25) is 0 Å². The minimum Gasteiger partial charge on any atom is -0.347 e. The summed E-state index contributed by atoms with van der Waals surface area (Å²) in [5.41, 5.74) is 4.38. The number of nitrogens with one attached hydrogen (secondary N) is 1. The van der Waals surface area contributed by atoms with Crippen molar-refractivity contribution in [2.45, 2.75) is 20.4 Å². The molecule has 0 atom stereocenters. The molecule has 146 valence electrons. The summed E-state index contributed by atoms with van der Waals surface area (Å²) in [6, 6.07) is 18.8. The zero-order valence-electron chi connectivity index (χ0n) is 16.0. The number of halogens is 2. The molecule has 1 heterocycles. The summed E-state index contributed by atoms with van der Waals surface area (Å²) in [5.74, 6) is -0.411. The maximum absolute atomic E-state index is 12.5. The van der Waals surface area contributed by atoms with Crippen LogP contribution in [0.2, 0.25) is 10.0 Å². The van der Waals surface area contributed by atoms with Gasteiger partial charge < -0.3 is 9.88 Å². The Bertz CT molecular complexity index is 1130. The van der Waals surface area contributed by atoms with Crippen LogP contribution in [0.1, 0.15) is 22.5 Å². The highest BCUT2D eigenvalue weighted by Crippen LogP contribution is 2.29. The maximum atomic E-state index is 12.5. The van der Waals surface area contributed by atoms with E-state index in [1.54, 1.807) is 18.2 Å². The number of benzene rings is 2. The molecule has 4 nitrogen and oxygen atoms in total. The van der Waals surface area contributed by atoms with E-state index in [0.717, 1.165) is 28.2 Å². The molecule has 1 N–H and O–H groups in total. The van der Waals surface area contributed by atoms with E-state index in [1.165, 1.54) is 0 Å². The first kappa shape index (κ1) is 20.7. The van der Waals surface area contributed by atoms with Gasteiger partial charge in [-0.05, 0) is 55.3 Å². The summed E-state index contributed by atoms with van der Waals surface area (Å²) in [6.45, 7) is 4.22. The predicted molar refractivity (Wildman–Crippen MR) is 117 cm³/mol. The van der Waals surface area contributed by atoms with Crippen molar-refractivity contribution in [3.63, 3.8) is 0 Å². The molecule has 0 radical (unpaired) electrons. The lowest BCUT2D eigenvalue weighted by Crippen LogP contribution is -2.23. The van der Waals surface area contributed by atoms with Crippen LogP contribution in [0.4, 0.5) is 0 Å². The molecule has 3 rings (SSSR count). The zero-order valence-corrected chi connectivity index (χ0v) is 17.6. The predicted octanol–water partition coefficient (Wildman–Crippen LogP) is 5.62. The van der Waals surface area contributed by atoms with Crippen molar-refractivity contribution in [2.24, 2.45) is 0 Å². The Morgan fingerprint density at radius 3 is 2.52 bits per heavy atom. The largest absolute Gasteiger partial charge is 0.347 e. The van der Waals surface area contributed by atoms with Crippen molar-refractivity contribution in [1.29, 1.82) is 5.26 Å². The van der Waals surface area contributed by atoms with E-state index >= 15 is 0 Å². The van der Waals surface area contributed by atoms with Gasteiger partial charge in [0.05, 0.1) is 10.7 Å². The third kappa shape index (κ3) is 4.71. The van der Waals surface area contributed by atoms with Gasteiger partial charge in [-0.2, -0.15) is 5.26 Å². The number of amides is 1. The summed E-state index contributed by atoms with van der Waals surface area (Å²) in [5, 5.41) is 13.4. The van der Waals surface area contributed by atoms with E-state index in [4.69, 9.17) is 23.2 Å². The number of carbonyl (C=O) groups excluding carboxylic acids is 1. The fourth-order valence-corrected chi connectivity index (χ4v) is 3.64. The smallest absolute Gasteiger partial charge is 0.262 e. The van der Waals surface area contributed by atoms with Gasteiger partial charge >= 0.3 is 0 Å². The molecule has 0 saturated carbocycles. The fourth-order valence-electron chi connectivity index (χ4n) is 3.14. The Morgan fingerprint density at radius 2 is 1.86 bits per heavy atom. The second kappa shape index (κ2) is 9.00. The van der Waals surface area contributed by atoms with E-state index in [1.807, 2.05) is 66.9 Å². The normalized spacial score (nSPS) is 11.2. The number of rotatable bonds is 5. The van der Waals surface area contributed by atoms with Gasteiger partial charge in [-0.15, -0.1) is 0 Å². The third-order valence-corrected chi connectivity index (χ3v) is 5.12. The Balaban J connectivity index is 1.88. The van der Waals surface area contributed by atoms with Crippen LogP contribution in [-0.2, 0) is 11.3 Å². The first-order valence-corrected chi connectivity index (χ1v) is 9.74. The van der Waals surface area contributed by atoms with E-state index in [-0.39, 0.29) is 5.57 Å². The van der Waals surface area contributed by atoms with E-state index in [0.29, 0.717) is 16.6 Å². The molecule has 0 bridgehead atoms. The number of hydrogen-bond acceptors (Lipinski definition) is 2. The number of aryl methyl sites for hydroxylation is 1. The minimum absolute atomic E-state index is 0.0448. The summed E-state index contributed by atoms with van der Waals surface area (Å²) < 4.78 is 1.97. The molecule has 1 aromatic heterocycles. The zero-order chi connectivity index (χ0) is 21.0. The maximum Gasteiger partial charge on any atom is 0.262 e. The van der Waals surface area contributed by atoms with Gasteiger partial charge in [0, 0.05) is 23.0 Å². The molecule has 0 spiro atoms. The van der Waals surface area contributed by atoms with Crippen molar-refractivity contribution in [3.05, 3.63) is 92.7 Å². The van der Waals surface area contributed by atoms with Crippen LogP contribution in [0.3, 0.4) is 0 Å². The lowest BCUT2D eigenvalue weighted by Gasteiger charge is -2.12. The molecule has 0 fully saturated rings. The molecule has 2 aromatic carbocycles. The monoisotopic (exact) mass is 423 g/mol. The van der Waals surface area contributed by atoms with Gasteiger partial charge in [-0.3, -0.25) is 4.79 Å². The SMILES string of the molecule is Cc1cc(/C=C(/C#N)C(=O)NCc2ccccc2)c(C)n1-c1ccc(Cl)cc1Cl. The van der Waals surface area contributed by atoms with Crippen molar-refractivity contribution >= 4 is 35.2 Å². The second-order valence-corrected chi connectivity index (χ2v) is 7.44. The highest BCUT2D eigenvalue weighted by molar-refractivity contribution is 6.35. The molecule has 6 heteroatoms. The molecular weight excluding hydrogens is 405 g/mol. The lowest BCUT2D eigenvalue weighted by atomic mass is 10.1. The summed E-state index contributed by atoms with van der Waals surface area (Å²) >= 11 is 12.4. The summed E-state index contributed by atoms with van der Waals surface area (Å²) in [7, 11) is 0. The minimum atomic E-state index is -0.411. The Hall–Kier alpha value is -3.00. The topological polar surface area (TPSA) is 57.8 Å². The van der Waals surface area contributed by atoms with Crippen molar-refractivity contribution < 1.29 is 4.79 Å².